The fraction of sp³-hybridized carbons (Fsp3) is 0.231. The molecule has 0 radical (unpaired) electrons. The number of ether oxygens (including phenoxy) is 1. The van der Waals surface area contributed by atoms with Gasteiger partial charge in [-0.2, -0.15) is 13.5 Å². The Balaban J connectivity index is 2.09. The van der Waals surface area contributed by atoms with E-state index in [0.29, 0.717) is 0 Å². The number of anilines is 1. The lowest BCUT2D eigenvalue weighted by atomic mass is 10.2. The zero-order chi connectivity index (χ0) is 17.0. The normalized spacial score (nSPS) is 10.6. The van der Waals surface area contributed by atoms with Crippen LogP contribution < -0.4 is 10.1 Å². The Morgan fingerprint density at radius 2 is 2.22 bits per heavy atom. The van der Waals surface area contributed by atoms with Crippen molar-refractivity contribution in [3.63, 3.8) is 0 Å². The Morgan fingerprint density at radius 1 is 1.48 bits per heavy atom. The maximum Gasteiger partial charge on any atom is 0.389 e. The van der Waals surface area contributed by atoms with Crippen LogP contribution in [0, 0.1) is 17.0 Å². The van der Waals surface area contributed by atoms with Gasteiger partial charge in [-0.15, -0.1) is 0 Å². The molecular formula is C13H12F2N4O4. The lowest BCUT2D eigenvalue weighted by Gasteiger charge is -2.12. The molecule has 0 aliphatic carbocycles. The number of alkyl halides is 2. The number of amides is 1. The standard InChI is InChI=1S/C13H12F2N4O4/c1-8-2-3-10(23-13(14)15)9(6-8)16-12(20)7-18-5-4-11(17-18)19(21)22/h2-6,13H,7H2,1H3,(H,16,20). The molecule has 8 nitrogen and oxygen atoms in total. The van der Waals surface area contributed by atoms with Gasteiger partial charge >= 0.3 is 12.4 Å². The van der Waals surface area contributed by atoms with Gasteiger partial charge in [-0.1, -0.05) is 6.07 Å². The van der Waals surface area contributed by atoms with Crippen LogP contribution in [0.2, 0.25) is 0 Å². The number of nitrogens with zero attached hydrogens (tertiary/aromatic N) is 3. The molecule has 23 heavy (non-hydrogen) atoms. The summed E-state index contributed by atoms with van der Waals surface area (Å²) in [5.41, 5.74) is 0.814. The van der Waals surface area contributed by atoms with E-state index in [1.54, 1.807) is 13.0 Å². The molecule has 0 aliphatic rings. The minimum absolute atomic E-state index is 0.0805. The summed E-state index contributed by atoms with van der Waals surface area (Å²) in [5.74, 6) is -1.16. The van der Waals surface area contributed by atoms with Gasteiger partial charge in [0.2, 0.25) is 5.91 Å². The molecule has 1 aromatic carbocycles. The van der Waals surface area contributed by atoms with Crippen molar-refractivity contribution in [1.82, 2.24) is 9.78 Å². The highest BCUT2D eigenvalue weighted by Crippen LogP contribution is 2.27. The molecule has 0 bridgehead atoms. The molecule has 0 saturated carbocycles. The molecule has 10 heteroatoms. The van der Waals surface area contributed by atoms with Crippen molar-refractivity contribution in [3.05, 3.63) is 46.1 Å². The zero-order valence-electron chi connectivity index (χ0n) is 11.9. The molecule has 2 aromatic rings. The molecule has 1 amide bonds. The van der Waals surface area contributed by atoms with Gasteiger partial charge in [0.15, 0.2) is 0 Å². The maximum atomic E-state index is 12.4. The monoisotopic (exact) mass is 326 g/mol. The first-order chi connectivity index (χ1) is 10.8. The number of benzene rings is 1. The topological polar surface area (TPSA) is 99.3 Å². The number of hydrogen-bond acceptors (Lipinski definition) is 5. The van der Waals surface area contributed by atoms with Gasteiger partial charge in [0.05, 0.1) is 23.0 Å². The summed E-state index contributed by atoms with van der Waals surface area (Å²) >= 11 is 0. The number of carbonyl (C=O) groups excluding carboxylic acids is 1. The van der Waals surface area contributed by atoms with E-state index < -0.39 is 23.3 Å². The third kappa shape index (κ3) is 4.46. The lowest BCUT2D eigenvalue weighted by molar-refractivity contribution is -0.389. The Morgan fingerprint density at radius 3 is 2.83 bits per heavy atom. The molecule has 2 rings (SSSR count). The van der Waals surface area contributed by atoms with Crippen LogP contribution in [0.5, 0.6) is 5.75 Å². The number of hydrogen-bond donors (Lipinski definition) is 1. The average Bonchev–Trinajstić information content (AvgIpc) is 2.90. The van der Waals surface area contributed by atoms with Gasteiger partial charge < -0.3 is 20.2 Å². The first-order valence-corrected chi connectivity index (χ1v) is 6.38. The average molecular weight is 326 g/mol. The van der Waals surface area contributed by atoms with E-state index in [1.807, 2.05) is 0 Å². The molecule has 1 aromatic heterocycles. The predicted molar refractivity (Wildman–Crippen MR) is 75.3 cm³/mol. The molecule has 122 valence electrons. The van der Waals surface area contributed by atoms with Gasteiger partial charge in [0, 0.05) is 0 Å². The van der Waals surface area contributed by atoms with Crippen molar-refractivity contribution in [2.75, 3.05) is 5.32 Å². The second kappa shape index (κ2) is 6.81. The molecule has 1 N–H and O–H groups in total. The van der Waals surface area contributed by atoms with E-state index in [4.69, 9.17) is 0 Å². The van der Waals surface area contributed by atoms with E-state index in [-0.39, 0.29) is 18.0 Å². The van der Waals surface area contributed by atoms with Crippen molar-refractivity contribution in [3.8, 4) is 5.75 Å². The minimum atomic E-state index is -3.03. The van der Waals surface area contributed by atoms with Crippen LogP contribution in [-0.2, 0) is 11.3 Å². The van der Waals surface area contributed by atoms with Crippen LogP contribution >= 0.6 is 0 Å². The molecule has 0 atom stereocenters. The number of aromatic nitrogens is 2. The number of carbonyl (C=O) groups is 1. The molecule has 1 heterocycles. The SMILES string of the molecule is Cc1ccc(OC(F)F)c(NC(=O)Cn2ccc([N+](=O)[O-])n2)c1. The quantitative estimate of drug-likeness (QED) is 0.649. The molecule has 0 spiro atoms. The van der Waals surface area contributed by atoms with Crippen LogP contribution in [0.25, 0.3) is 0 Å². The van der Waals surface area contributed by atoms with Crippen LogP contribution in [0.4, 0.5) is 20.3 Å². The maximum absolute atomic E-state index is 12.4. The van der Waals surface area contributed by atoms with Crippen LogP contribution in [0.15, 0.2) is 30.5 Å². The van der Waals surface area contributed by atoms with Crippen molar-refractivity contribution in [2.45, 2.75) is 20.1 Å². The largest absolute Gasteiger partial charge is 0.433 e. The van der Waals surface area contributed by atoms with Gasteiger partial charge in [-0.05, 0) is 29.5 Å². The predicted octanol–water partition coefficient (Wildman–Crippen LogP) is 2.34. The van der Waals surface area contributed by atoms with E-state index in [1.165, 1.54) is 18.3 Å². The van der Waals surface area contributed by atoms with Gasteiger partial charge in [0.1, 0.15) is 12.3 Å². The first kappa shape index (κ1) is 16.3. The Labute approximate surface area is 128 Å². The third-order valence-corrected chi connectivity index (χ3v) is 2.74. The molecule has 0 fully saturated rings. The number of rotatable bonds is 6. The Hall–Kier alpha value is -3.04. The number of nitrogens with one attached hydrogen (secondary N) is 1. The number of nitro groups is 1. The van der Waals surface area contributed by atoms with E-state index in [0.717, 1.165) is 16.3 Å². The van der Waals surface area contributed by atoms with E-state index in [9.17, 15) is 23.7 Å². The second-order valence-electron chi connectivity index (χ2n) is 4.55. The summed E-state index contributed by atoms with van der Waals surface area (Å²) in [5, 5.41) is 16.5. The summed E-state index contributed by atoms with van der Waals surface area (Å²) in [6, 6.07) is 5.49. The summed E-state index contributed by atoms with van der Waals surface area (Å²) < 4.78 is 30.1. The fourth-order valence-corrected chi connectivity index (χ4v) is 1.81. The molecule has 0 saturated heterocycles. The van der Waals surface area contributed by atoms with Crippen molar-refractivity contribution >= 4 is 17.4 Å². The van der Waals surface area contributed by atoms with Crippen LogP contribution in [0.3, 0.4) is 0 Å². The Kier molecular flexibility index (Phi) is 4.84. The van der Waals surface area contributed by atoms with Crippen LogP contribution in [-0.4, -0.2) is 27.2 Å². The highest BCUT2D eigenvalue weighted by atomic mass is 19.3. The first-order valence-electron chi connectivity index (χ1n) is 6.38. The van der Waals surface area contributed by atoms with Crippen LogP contribution in [0.1, 0.15) is 5.56 Å². The third-order valence-electron chi connectivity index (χ3n) is 2.74. The van der Waals surface area contributed by atoms with E-state index >= 15 is 0 Å². The highest BCUT2D eigenvalue weighted by Gasteiger charge is 2.16. The zero-order valence-corrected chi connectivity index (χ0v) is 11.9. The lowest BCUT2D eigenvalue weighted by Crippen LogP contribution is -2.20. The summed E-state index contributed by atoms with van der Waals surface area (Å²) in [4.78, 5) is 21.8. The van der Waals surface area contributed by atoms with Gasteiger partial charge in [-0.3, -0.25) is 4.79 Å². The number of aryl methyl sites for hydroxylation is 1. The highest BCUT2D eigenvalue weighted by molar-refractivity contribution is 5.92. The van der Waals surface area contributed by atoms with Gasteiger partial charge in [0.25, 0.3) is 0 Å². The van der Waals surface area contributed by atoms with Gasteiger partial charge in [-0.25, -0.2) is 0 Å². The smallest absolute Gasteiger partial charge is 0.389 e. The van der Waals surface area contributed by atoms with Crippen molar-refractivity contribution in [2.24, 2.45) is 0 Å². The van der Waals surface area contributed by atoms with Crippen molar-refractivity contribution in [1.29, 1.82) is 0 Å². The minimum Gasteiger partial charge on any atom is -0.433 e. The summed E-state index contributed by atoms with van der Waals surface area (Å²) in [7, 11) is 0. The number of halogens is 2. The fourth-order valence-electron chi connectivity index (χ4n) is 1.81. The van der Waals surface area contributed by atoms with Crippen molar-refractivity contribution < 1.29 is 23.2 Å². The second-order valence-corrected chi connectivity index (χ2v) is 4.55. The molecular weight excluding hydrogens is 314 g/mol. The summed E-state index contributed by atoms with van der Waals surface area (Å²) in [6.07, 6.45) is 1.27. The Bertz CT molecular complexity index is 733. The van der Waals surface area contributed by atoms with E-state index in [2.05, 4.69) is 15.2 Å². The summed E-state index contributed by atoms with van der Waals surface area (Å²) in [6.45, 7) is -1.61. The molecule has 0 aliphatic heterocycles. The molecule has 0 unspecified atom stereocenters.